The molecule has 5 nitrogen and oxygen atoms in total. The smallest absolute Gasteiger partial charge is 0.257 e. The van der Waals surface area contributed by atoms with Crippen molar-refractivity contribution in [3.05, 3.63) is 40.7 Å². The molecule has 5 heteroatoms. The number of aromatic amines is 1. The van der Waals surface area contributed by atoms with Crippen molar-refractivity contribution in [1.82, 2.24) is 4.98 Å². The highest BCUT2D eigenvalue weighted by molar-refractivity contribution is 5.83. The lowest BCUT2D eigenvalue weighted by Crippen LogP contribution is -2.29. The standard InChI is InChI=1S/C12H14N2O3/c15-6-9(7-16)13-11-5-8-3-1-2-4-10(8)12(17)14-11/h1-5,9,15-16H,6-7H2,(H2,13,14,17). The lowest BCUT2D eigenvalue weighted by Gasteiger charge is -2.14. The molecule has 0 aliphatic rings. The largest absolute Gasteiger partial charge is 0.394 e. The molecule has 0 radical (unpaired) electrons. The van der Waals surface area contributed by atoms with Crippen LogP contribution < -0.4 is 10.9 Å². The second-order valence-electron chi connectivity index (χ2n) is 3.81. The second-order valence-corrected chi connectivity index (χ2v) is 3.81. The molecule has 1 aromatic heterocycles. The molecular weight excluding hydrogens is 220 g/mol. The van der Waals surface area contributed by atoms with Crippen LogP contribution in [0.15, 0.2) is 35.1 Å². The van der Waals surface area contributed by atoms with Crippen LogP contribution in [0.3, 0.4) is 0 Å². The summed E-state index contributed by atoms with van der Waals surface area (Å²) in [6.07, 6.45) is 0. The SMILES string of the molecule is O=c1[nH]c(NC(CO)CO)cc2ccccc12. The van der Waals surface area contributed by atoms with Gasteiger partial charge < -0.3 is 20.5 Å². The van der Waals surface area contributed by atoms with Crippen molar-refractivity contribution in [3.8, 4) is 0 Å². The zero-order valence-corrected chi connectivity index (χ0v) is 9.18. The quantitative estimate of drug-likeness (QED) is 0.612. The maximum Gasteiger partial charge on any atom is 0.257 e. The Labute approximate surface area is 97.7 Å². The highest BCUT2D eigenvalue weighted by Crippen LogP contribution is 2.13. The van der Waals surface area contributed by atoms with E-state index in [1.807, 2.05) is 12.1 Å². The Morgan fingerprint density at radius 3 is 2.65 bits per heavy atom. The molecule has 0 saturated heterocycles. The number of fused-ring (bicyclic) bond motifs is 1. The van der Waals surface area contributed by atoms with Crippen LogP contribution in [0.1, 0.15) is 0 Å². The third kappa shape index (κ3) is 2.46. The van der Waals surface area contributed by atoms with Crippen molar-refractivity contribution in [2.75, 3.05) is 18.5 Å². The van der Waals surface area contributed by atoms with Gasteiger partial charge in [-0.15, -0.1) is 0 Å². The third-order valence-electron chi connectivity index (χ3n) is 2.55. The van der Waals surface area contributed by atoms with E-state index < -0.39 is 6.04 Å². The number of aliphatic hydroxyl groups is 2. The van der Waals surface area contributed by atoms with Crippen molar-refractivity contribution in [3.63, 3.8) is 0 Å². The van der Waals surface area contributed by atoms with E-state index in [1.165, 1.54) is 0 Å². The first kappa shape index (κ1) is 11.6. The maximum absolute atomic E-state index is 11.7. The molecule has 0 unspecified atom stereocenters. The first-order valence-corrected chi connectivity index (χ1v) is 5.35. The Bertz CT molecular complexity index is 561. The fourth-order valence-electron chi connectivity index (χ4n) is 1.66. The molecule has 17 heavy (non-hydrogen) atoms. The van der Waals surface area contributed by atoms with Crippen molar-refractivity contribution in [1.29, 1.82) is 0 Å². The molecule has 0 bridgehead atoms. The number of rotatable bonds is 4. The van der Waals surface area contributed by atoms with Crippen LogP contribution in [0.25, 0.3) is 10.8 Å². The zero-order valence-electron chi connectivity index (χ0n) is 9.18. The van der Waals surface area contributed by atoms with E-state index in [1.54, 1.807) is 18.2 Å². The van der Waals surface area contributed by atoms with Gasteiger partial charge in [-0.3, -0.25) is 4.79 Å². The van der Waals surface area contributed by atoms with Crippen molar-refractivity contribution in [2.45, 2.75) is 6.04 Å². The average molecular weight is 234 g/mol. The fourth-order valence-corrected chi connectivity index (χ4v) is 1.66. The number of pyridine rings is 1. The summed E-state index contributed by atoms with van der Waals surface area (Å²) in [7, 11) is 0. The van der Waals surface area contributed by atoms with Crippen molar-refractivity contribution >= 4 is 16.6 Å². The normalized spacial score (nSPS) is 11.0. The van der Waals surface area contributed by atoms with Gasteiger partial charge in [0.2, 0.25) is 0 Å². The summed E-state index contributed by atoms with van der Waals surface area (Å²) in [5.41, 5.74) is -0.194. The second kappa shape index (κ2) is 4.99. The Kier molecular flexibility index (Phi) is 3.41. The number of anilines is 1. The van der Waals surface area contributed by atoms with E-state index in [2.05, 4.69) is 10.3 Å². The molecule has 1 aromatic carbocycles. The van der Waals surface area contributed by atoms with Gasteiger partial charge in [0.25, 0.3) is 5.56 Å². The van der Waals surface area contributed by atoms with E-state index in [-0.39, 0.29) is 18.8 Å². The summed E-state index contributed by atoms with van der Waals surface area (Å²) in [5, 5.41) is 22.2. The van der Waals surface area contributed by atoms with Crippen LogP contribution >= 0.6 is 0 Å². The van der Waals surface area contributed by atoms with E-state index in [4.69, 9.17) is 10.2 Å². The van der Waals surface area contributed by atoms with Crippen LogP contribution in [0.2, 0.25) is 0 Å². The summed E-state index contributed by atoms with van der Waals surface area (Å²) < 4.78 is 0. The summed E-state index contributed by atoms with van der Waals surface area (Å²) in [6, 6.07) is 8.52. The number of aromatic nitrogens is 1. The highest BCUT2D eigenvalue weighted by Gasteiger charge is 2.07. The monoisotopic (exact) mass is 234 g/mol. The number of hydrogen-bond acceptors (Lipinski definition) is 4. The Morgan fingerprint density at radius 2 is 1.94 bits per heavy atom. The third-order valence-corrected chi connectivity index (χ3v) is 2.55. The molecule has 4 N–H and O–H groups in total. The highest BCUT2D eigenvalue weighted by atomic mass is 16.3. The van der Waals surface area contributed by atoms with E-state index in [0.717, 1.165) is 5.39 Å². The maximum atomic E-state index is 11.7. The van der Waals surface area contributed by atoms with Gasteiger partial charge in [0.1, 0.15) is 5.82 Å². The fraction of sp³-hybridized carbons (Fsp3) is 0.250. The Balaban J connectivity index is 2.40. The van der Waals surface area contributed by atoms with E-state index >= 15 is 0 Å². The molecule has 0 atom stereocenters. The van der Waals surface area contributed by atoms with Crippen molar-refractivity contribution in [2.24, 2.45) is 0 Å². The van der Waals surface area contributed by atoms with E-state index in [9.17, 15) is 4.79 Å². The Morgan fingerprint density at radius 1 is 1.24 bits per heavy atom. The summed E-state index contributed by atoms with van der Waals surface area (Å²) >= 11 is 0. The zero-order chi connectivity index (χ0) is 12.3. The summed E-state index contributed by atoms with van der Waals surface area (Å²) in [5.74, 6) is 0.488. The lowest BCUT2D eigenvalue weighted by atomic mass is 10.2. The summed E-state index contributed by atoms with van der Waals surface area (Å²) in [6.45, 7) is -0.406. The van der Waals surface area contributed by atoms with Gasteiger partial charge in [0.05, 0.1) is 19.3 Å². The molecule has 0 fully saturated rings. The molecular formula is C12H14N2O3. The van der Waals surface area contributed by atoms with Gasteiger partial charge in [0.15, 0.2) is 0 Å². The molecule has 0 aliphatic heterocycles. The molecule has 0 amide bonds. The van der Waals surface area contributed by atoms with Crippen LogP contribution in [0.5, 0.6) is 0 Å². The van der Waals surface area contributed by atoms with Crippen LogP contribution in [-0.2, 0) is 0 Å². The number of aliphatic hydroxyl groups excluding tert-OH is 2. The predicted molar refractivity (Wildman–Crippen MR) is 66.2 cm³/mol. The number of H-pyrrole nitrogens is 1. The van der Waals surface area contributed by atoms with Crippen molar-refractivity contribution < 1.29 is 10.2 Å². The summed E-state index contributed by atoms with van der Waals surface area (Å²) in [4.78, 5) is 14.4. The molecule has 2 aromatic rings. The van der Waals surface area contributed by atoms with E-state index in [0.29, 0.717) is 11.2 Å². The van der Waals surface area contributed by atoms with Gasteiger partial charge in [-0.25, -0.2) is 0 Å². The number of hydrogen-bond donors (Lipinski definition) is 4. The minimum atomic E-state index is -0.480. The molecule has 2 rings (SSSR count). The van der Waals surface area contributed by atoms with Crippen LogP contribution in [0, 0.1) is 0 Å². The van der Waals surface area contributed by atoms with Gasteiger partial charge in [-0.05, 0) is 17.5 Å². The molecule has 90 valence electrons. The van der Waals surface area contributed by atoms with Gasteiger partial charge in [-0.1, -0.05) is 18.2 Å². The van der Waals surface area contributed by atoms with Crippen LogP contribution in [0.4, 0.5) is 5.82 Å². The predicted octanol–water partition coefficient (Wildman–Crippen LogP) is 0.293. The topological polar surface area (TPSA) is 85.4 Å². The van der Waals surface area contributed by atoms with Gasteiger partial charge in [0, 0.05) is 5.39 Å². The molecule has 0 saturated carbocycles. The first-order chi connectivity index (χ1) is 8.24. The minimum absolute atomic E-state index is 0.194. The molecule has 0 aliphatic carbocycles. The van der Waals surface area contributed by atoms with Gasteiger partial charge in [-0.2, -0.15) is 0 Å². The average Bonchev–Trinajstić information content (AvgIpc) is 2.36. The lowest BCUT2D eigenvalue weighted by molar-refractivity contribution is 0.203. The van der Waals surface area contributed by atoms with Crippen LogP contribution in [-0.4, -0.2) is 34.5 Å². The molecule has 0 spiro atoms. The first-order valence-electron chi connectivity index (χ1n) is 5.35. The van der Waals surface area contributed by atoms with Gasteiger partial charge >= 0.3 is 0 Å². The number of nitrogens with one attached hydrogen (secondary N) is 2. The molecule has 1 heterocycles. The number of benzene rings is 1. The minimum Gasteiger partial charge on any atom is -0.394 e. The Hall–Kier alpha value is -1.85.